The Morgan fingerprint density at radius 1 is 1.33 bits per heavy atom. The summed E-state index contributed by atoms with van der Waals surface area (Å²) in [5.41, 5.74) is 0.0329. The molecule has 0 saturated heterocycles. The van der Waals surface area contributed by atoms with E-state index in [1.165, 1.54) is 4.57 Å². The Hall–Kier alpha value is -2.09. The van der Waals surface area contributed by atoms with Gasteiger partial charge in [-0.2, -0.15) is 4.99 Å². The van der Waals surface area contributed by atoms with Crippen molar-refractivity contribution in [2.75, 3.05) is 6.61 Å². The van der Waals surface area contributed by atoms with Crippen LogP contribution >= 0.6 is 11.3 Å². The Morgan fingerprint density at radius 3 is 2.67 bits per heavy atom. The number of fused-ring (bicyclic) bond motifs is 1. The number of hydrogen-bond donors (Lipinski definition) is 0. The van der Waals surface area contributed by atoms with E-state index in [1.807, 2.05) is 13.8 Å². The van der Waals surface area contributed by atoms with Crippen molar-refractivity contribution in [3.63, 3.8) is 0 Å². The van der Waals surface area contributed by atoms with E-state index in [-0.39, 0.29) is 46.4 Å². The van der Waals surface area contributed by atoms with E-state index in [0.717, 1.165) is 23.5 Å². The van der Waals surface area contributed by atoms with E-state index < -0.39 is 17.6 Å². The lowest BCUT2D eigenvalue weighted by molar-refractivity contribution is -0.143. The minimum atomic E-state index is -0.816. The third kappa shape index (κ3) is 4.25. The Morgan fingerprint density at radius 2 is 2.04 bits per heavy atom. The van der Waals surface area contributed by atoms with Crippen LogP contribution < -0.4 is 4.80 Å². The highest BCUT2D eigenvalue weighted by atomic mass is 32.1. The number of carbonyl (C=O) groups is 2. The van der Waals surface area contributed by atoms with Gasteiger partial charge in [-0.25, -0.2) is 8.78 Å². The van der Waals surface area contributed by atoms with E-state index in [2.05, 4.69) is 4.99 Å². The van der Waals surface area contributed by atoms with Crippen molar-refractivity contribution in [3.05, 3.63) is 28.6 Å². The van der Waals surface area contributed by atoms with Gasteiger partial charge in [-0.1, -0.05) is 25.2 Å². The minimum absolute atomic E-state index is 0.0329. The Balaban J connectivity index is 2.60. The third-order valence-corrected chi connectivity index (χ3v) is 4.12. The summed E-state index contributed by atoms with van der Waals surface area (Å²) < 4.78 is 34.0. The molecular weight excluding hydrogens is 338 g/mol. The second kappa shape index (κ2) is 7.65. The third-order valence-electron chi connectivity index (χ3n) is 3.09. The van der Waals surface area contributed by atoms with Crippen LogP contribution in [0.2, 0.25) is 0 Å². The maximum Gasteiger partial charge on any atom is 0.326 e. The molecule has 0 N–H and O–H groups in total. The first-order chi connectivity index (χ1) is 11.3. The van der Waals surface area contributed by atoms with Gasteiger partial charge in [0.1, 0.15) is 12.4 Å². The molecule has 1 aromatic heterocycles. The lowest BCUT2D eigenvalue weighted by atomic mass is 10.1. The van der Waals surface area contributed by atoms with Crippen LogP contribution in [0.4, 0.5) is 8.78 Å². The quantitative estimate of drug-likeness (QED) is 0.774. The zero-order valence-corrected chi connectivity index (χ0v) is 14.5. The predicted molar refractivity (Wildman–Crippen MR) is 86.4 cm³/mol. The molecule has 0 radical (unpaired) electrons. The van der Waals surface area contributed by atoms with Crippen LogP contribution in [0.25, 0.3) is 10.2 Å². The van der Waals surface area contributed by atoms with Gasteiger partial charge in [0.2, 0.25) is 5.91 Å². The number of nitrogens with zero attached hydrogens (tertiary/aromatic N) is 2. The number of amides is 1. The first-order valence-electron chi connectivity index (χ1n) is 7.53. The second-order valence-corrected chi connectivity index (χ2v) is 6.62. The van der Waals surface area contributed by atoms with Crippen molar-refractivity contribution < 1.29 is 23.1 Å². The van der Waals surface area contributed by atoms with Crippen molar-refractivity contribution in [1.82, 2.24) is 4.57 Å². The van der Waals surface area contributed by atoms with Crippen molar-refractivity contribution >= 4 is 33.4 Å². The van der Waals surface area contributed by atoms with Crippen LogP contribution in [0.15, 0.2) is 17.1 Å². The van der Waals surface area contributed by atoms with Crippen LogP contribution in [-0.2, 0) is 20.9 Å². The molecule has 0 bridgehead atoms. The molecule has 1 amide bonds. The SMILES string of the molecule is CCOC(=O)Cn1c(=NC(=O)CC(C)C)sc2cc(F)cc(F)c21. The molecule has 0 aliphatic heterocycles. The lowest BCUT2D eigenvalue weighted by Crippen LogP contribution is -2.23. The van der Waals surface area contributed by atoms with Gasteiger partial charge in [0.25, 0.3) is 0 Å². The summed E-state index contributed by atoms with van der Waals surface area (Å²) in [6.45, 7) is 5.28. The average molecular weight is 356 g/mol. The predicted octanol–water partition coefficient (Wildman–Crippen LogP) is 3.02. The van der Waals surface area contributed by atoms with Gasteiger partial charge in [0.05, 0.1) is 16.8 Å². The molecule has 0 unspecified atom stereocenters. The average Bonchev–Trinajstić information content (AvgIpc) is 2.75. The molecule has 8 heteroatoms. The van der Waals surface area contributed by atoms with Crippen LogP contribution in [0.3, 0.4) is 0 Å². The summed E-state index contributed by atoms with van der Waals surface area (Å²) in [4.78, 5) is 27.9. The number of carbonyl (C=O) groups excluding carboxylic acids is 2. The van der Waals surface area contributed by atoms with Gasteiger partial charge in [-0.05, 0) is 18.9 Å². The zero-order valence-electron chi connectivity index (χ0n) is 13.6. The zero-order chi connectivity index (χ0) is 17.9. The molecule has 0 spiro atoms. The fourth-order valence-corrected chi connectivity index (χ4v) is 3.28. The highest BCUT2D eigenvalue weighted by Crippen LogP contribution is 2.22. The van der Waals surface area contributed by atoms with Gasteiger partial charge >= 0.3 is 5.97 Å². The van der Waals surface area contributed by atoms with Crippen LogP contribution in [0, 0.1) is 17.6 Å². The van der Waals surface area contributed by atoms with Gasteiger partial charge < -0.3 is 9.30 Å². The minimum Gasteiger partial charge on any atom is -0.465 e. The van der Waals surface area contributed by atoms with Gasteiger partial charge in [-0.15, -0.1) is 0 Å². The highest BCUT2D eigenvalue weighted by Gasteiger charge is 2.17. The first kappa shape index (κ1) is 18.3. The van der Waals surface area contributed by atoms with E-state index in [9.17, 15) is 18.4 Å². The Kier molecular flexibility index (Phi) is 5.82. The van der Waals surface area contributed by atoms with Crippen molar-refractivity contribution in [2.45, 2.75) is 33.7 Å². The topological polar surface area (TPSA) is 60.7 Å². The van der Waals surface area contributed by atoms with Crippen molar-refractivity contribution in [1.29, 1.82) is 0 Å². The second-order valence-electron chi connectivity index (χ2n) is 5.61. The molecular formula is C16H18F2N2O3S. The van der Waals surface area contributed by atoms with E-state index in [0.29, 0.717) is 0 Å². The summed E-state index contributed by atoms with van der Waals surface area (Å²) in [5, 5.41) is 0. The molecule has 130 valence electrons. The van der Waals surface area contributed by atoms with Crippen molar-refractivity contribution in [2.24, 2.45) is 10.9 Å². The number of aromatic nitrogens is 1. The Bertz CT molecular complexity index is 840. The summed E-state index contributed by atoms with van der Waals surface area (Å²) in [7, 11) is 0. The molecule has 2 aromatic rings. The number of esters is 1. The smallest absolute Gasteiger partial charge is 0.326 e. The number of halogens is 2. The molecule has 0 aliphatic rings. The molecule has 1 aromatic carbocycles. The van der Waals surface area contributed by atoms with Crippen molar-refractivity contribution in [3.8, 4) is 0 Å². The summed E-state index contributed by atoms with van der Waals surface area (Å²) in [6.07, 6.45) is 0.227. The molecule has 24 heavy (non-hydrogen) atoms. The molecule has 0 saturated carbocycles. The molecule has 2 rings (SSSR count). The fourth-order valence-electron chi connectivity index (χ4n) is 2.20. The van der Waals surface area contributed by atoms with Gasteiger partial charge in [0.15, 0.2) is 10.6 Å². The first-order valence-corrected chi connectivity index (χ1v) is 8.35. The fraction of sp³-hybridized carbons (Fsp3) is 0.438. The number of ether oxygens (including phenoxy) is 1. The number of rotatable bonds is 5. The summed E-state index contributed by atoms with van der Waals surface area (Å²) in [5.74, 6) is -2.40. The van der Waals surface area contributed by atoms with E-state index in [1.54, 1.807) is 6.92 Å². The normalized spacial score (nSPS) is 12.2. The van der Waals surface area contributed by atoms with E-state index >= 15 is 0 Å². The van der Waals surface area contributed by atoms with E-state index in [4.69, 9.17) is 4.74 Å². The molecule has 0 aliphatic carbocycles. The number of hydrogen-bond acceptors (Lipinski definition) is 4. The molecule has 0 fully saturated rings. The van der Waals surface area contributed by atoms with Crippen LogP contribution in [-0.4, -0.2) is 23.1 Å². The van der Waals surface area contributed by atoms with Crippen LogP contribution in [0.5, 0.6) is 0 Å². The van der Waals surface area contributed by atoms with Gasteiger partial charge in [0, 0.05) is 12.5 Å². The number of benzene rings is 1. The Labute approximate surface area is 141 Å². The largest absolute Gasteiger partial charge is 0.465 e. The number of thiazole rings is 1. The standard InChI is InChI=1S/C16H18F2N2O3S/c1-4-23-14(22)8-20-15-11(18)6-10(17)7-12(15)24-16(20)19-13(21)5-9(2)3/h6-7,9H,4-5,8H2,1-3H3. The summed E-state index contributed by atoms with van der Waals surface area (Å²) >= 11 is 0.955. The summed E-state index contributed by atoms with van der Waals surface area (Å²) in [6, 6.07) is 1.88. The molecule has 1 heterocycles. The molecule has 0 atom stereocenters. The maximum absolute atomic E-state index is 14.2. The maximum atomic E-state index is 14.2. The van der Waals surface area contributed by atoms with Crippen LogP contribution in [0.1, 0.15) is 27.2 Å². The monoisotopic (exact) mass is 356 g/mol. The molecule has 5 nitrogen and oxygen atoms in total. The highest BCUT2D eigenvalue weighted by molar-refractivity contribution is 7.16. The lowest BCUT2D eigenvalue weighted by Gasteiger charge is -2.06. The van der Waals surface area contributed by atoms with Gasteiger partial charge in [-0.3, -0.25) is 9.59 Å².